The normalized spacial score (nSPS) is 8.60. The van der Waals surface area contributed by atoms with E-state index in [1.54, 1.807) is 9.12 Å². The van der Waals surface area contributed by atoms with Crippen LogP contribution in [0.4, 0.5) is 0 Å². The fraction of sp³-hybridized carbons (Fsp3) is 0.364. The molecule has 4 heteroatoms. The predicted molar refractivity (Wildman–Crippen MR) is 60.4 cm³/mol. The van der Waals surface area contributed by atoms with Crippen LogP contribution >= 0.6 is 9.12 Å². The first-order valence-electron chi connectivity index (χ1n) is 4.73. The summed E-state index contributed by atoms with van der Waals surface area (Å²) in [5.74, 6) is -0.145. The fourth-order valence-corrected chi connectivity index (χ4v) is 1.03. The minimum Gasteiger partial charge on any atom is -0.465 e. The number of carbonyl (C=O) groups excluding carboxylic acids is 1. The topological polar surface area (TPSA) is 43.4 Å². The number of rotatable bonds is 4. The van der Waals surface area contributed by atoms with E-state index in [1.165, 1.54) is 0 Å². The maximum absolute atomic E-state index is 11.1. The van der Waals surface area contributed by atoms with Gasteiger partial charge in [0.05, 0.1) is 13.0 Å². The third-order valence-corrected chi connectivity index (χ3v) is 1.66. The Labute approximate surface area is 92.1 Å². The van der Waals surface area contributed by atoms with E-state index in [0.29, 0.717) is 13.0 Å². The standard InChI is InChI=1S/C11H14O2.HOP/c1-2-8-13-11(12)9-10-6-4-3-5-7-10;1-2/h3-7H,2,8-9H2,1H3;2H. The molecule has 0 N–H and O–H groups in total. The van der Waals surface area contributed by atoms with Gasteiger partial charge in [-0.15, -0.1) is 0 Å². The SMILES string of the molecule is CCCOC(=O)Cc1ccccc1.O=P. The quantitative estimate of drug-likeness (QED) is 0.585. The molecule has 0 amide bonds. The molecule has 0 unspecified atom stereocenters. The van der Waals surface area contributed by atoms with Crippen molar-refractivity contribution < 1.29 is 14.1 Å². The van der Waals surface area contributed by atoms with Crippen LogP contribution in [0.2, 0.25) is 0 Å². The summed E-state index contributed by atoms with van der Waals surface area (Å²) >= 11 is 0. The van der Waals surface area contributed by atoms with Crippen LogP contribution in [0, 0.1) is 0 Å². The molecule has 0 spiro atoms. The molecule has 1 aromatic rings. The Hall–Kier alpha value is -1.21. The second-order valence-corrected chi connectivity index (χ2v) is 2.88. The molecule has 0 aromatic heterocycles. The lowest BCUT2D eigenvalue weighted by atomic mass is 10.2. The summed E-state index contributed by atoms with van der Waals surface area (Å²) in [6, 6.07) is 9.62. The second-order valence-electron chi connectivity index (χ2n) is 2.88. The van der Waals surface area contributed by atoms with Crippen LogP contribution in [-0.2, 0) is 20.5 Å². The van der Waals surface area contributed by atoms with Crippen LogP contribution in [0.25, 0.3) is 0 Å². The number of benzene rings is 1. The molecule has 3 nitrogen and oxygen atoms in total. The molecule has 1 rings (SSSR count). The van der Waals surface area contributed by atoms with Gasteiger partial charge in [0.2, 0.25) is 0 Å². The third-order valence-electron chi connectivity index (χ3n) is 1.66. The van der Waals surface area contributed by atoms with Crippen molar-refractivity contribution in [1.82, 2.24) is 0 Å². The molecule has 0 radical (unpaired) electrons. The molecular weight excluding hydrogens is 211 g/mol. The summed E-state index contributed by atoms with van der Waals surface area (Å²) in [6.45, 7) is 2.50. The third kappa shape index (κ3) is 6.81. The first-order valence-corrected chi connectivity index (χ1v) is 5.13. The number of carbonyl (C=O) groups is 1. The number of ether oxygens (including phenoxy) is 1. The first kappa shape index (κ1) is 13.8. The summed E-state index contributed by atoms with van der Waals surface area (Å²) in [4.78, 5) is 11.1. The van der Waals surface area contributed by atoms with Crippen molar-refractivity contribution in [1.29, 1.82) is 0 Å². The van der Waals surface area contributed by atoms with Gasteiger partial charge in [-0.05, 0) is 12.0 Å². The fourth-order valence-electron chi connectivity index (χ4n) is 1.03. The van der Waals surface area contributed by atoms with Crippen molar-refractivity contribution >= 4 is 15.1 Å². The maximum atomic E-state index is 11.1. The Morgan fingerprint density at radius 1 is 1.27 bits per heavy atom. The van der Waals surface area contributed by atoms with Crippen LogP contribution in [0.15, 0.2) is 30.3 Å². The van der Waals surface area contributed by atoms with E-state index >= 15 is 0 Å². The van der Waals surface area contributed by atoms with Gasteiger partial charge in [-0.25, -0.2) is 0 Å². The van der Waals surface area contributed by atoms with Gasteiger partial charge in [-0.2, -0.15) is 0 Å². The Morgan fingerprint density at radius 3 is 2.40 bits per heavy atom. The van der Waals surface area contributed by atoms with E-state index in [-0.39, 0.29) is 5.97 Å². The largest absolute Gasteiger partial charge is 0.465 e. The smallest absolute Gasteiger partial charge is 0.310 e. The van der Waals surface area contributed by atoms with Gasteiger partial charge in [-0.1, -0.05) is 37.3 Å². The Bertz CT molecular complexity index is 274. The molecule has 0 aliphatic rings. The van der Waals surface area contributed by atoms with Crippen molar-refractivity contribution in [2.75, 3.05) is 6.61 Å². The minimum atomic E-state index is -0.145. The number of esters is 1. The van der Waals surface area contributed by atoms with Crippen LogP contribution in [0.1, 0.15) is 18.9 Å². The molecule has 0 saturated carbocycles. The molecule has 0 aliphatic heterocycles. The van der Waals surface area contributed by atoms with Gasteiger partial charge in [0, 0.05) is 0 Å². The lowest BCUT2D eigenvalue weighted by Crippen LogP contribution is -2.08. The zero-order chi connectivity index (χ0) is 11.5. The van der Waals surface area contributed by atoms with Crippen molar-refractivity contribution in [3.63, 3.8) is 0 Å². The highest BCUT2D eigenvalue weighted by Gasteiger charge is 2.02. The average molecular weight is 226 g/mol. The van der Waals surface area contributed by atoms with E-state index in [1.807, 2.05) is 37.3 Å². The zero-order valence-corrected chi connectivity index (χ0v) is 9.73. The van der Waals surface area contributed by atoms with Gasteiger partial charge in [0.25, 0.3) is 0 Å². The van der Waals surface area contributed by atoms with Gasteiger partial charge >= 0.3 is 5.97 Å². The lowest BCUT2D eigenvalue weighted by Gasteiger charge is -2.02. The summed E-state index contributed by atoms with van der Waals surface area (Å²) in [6.07, 6.45) is 1.25. The summed E-state index contributed by atoms with van der Waals surface area (Å²) in [5, 5.41) is 0. The van der Waals surface area contributed by atoms with Crippen LogP contribution in [-0.4, -0.2) is 12.6 Å². The minimum absolute atomic E-state index is 0.145. The Balaban J connectivity index is 0.000000921. The highest BCUT2D eigenvalue weighted by atomic mass is 31.0. The molecule has 0 bridgehead atoms. The number of hydrogen-bond donors (Lipinski definition) is 0. The molecule has 82 valence electrons. The van der Waals surface area contributed by atoms with Crippen LogP contribution < -0.4 is 0 Å². The molecular formula is C11H15O3P. The van der Waals surface area contributed by atoms with Crippen LogP contribution in [0.3, 0.4) is 0 Å². The monoisotopic (exact) mass is 226 g/mol. The van der Waals surface area contributed by atoms with Gasteiger partial charge in [0.1, 0.15) is 9.12 Å². The predicted octanol–water partition coefficient (Wildman–Crippen LogP) is 2.66. The maximum Gasteiger partial charge on any atom is 0.310 e. The van der Waals surface area contributed by atoms with Crippen molar-refractivity contribution in [3.05, 3.63) is 35.9 Å². The zero-order valence-electron chi connectivity index (χ0n) is 8.73. The van der Waals surface area contributed by atoms with Gasteiger partial charge in [-0.3, -0.25) is 9.36 Å². The van der Waals surface area contributed by atoms with E-state index < -0.39 is 0 Å². The van der Waals surface area contributed by atoms with Gasteiger partial charge < -0.3 is 4.74 Å². The lowest BCUT2D eigenvalue weighted by molar-refractivity contribution is -0.142. The highest BCUT2D eigenvalue weighted by molar-refractivity contribution is 7.00. The number of hydrogen-bond acceptors (Lipinski definition) is 3. The second kappa shape index (κ2) is 9.35. The summed E-state index contributed by atoms with van der Waals surface area (Å²) < 4.78 is 13.0. The Kier molecular flexibility index (Phi) is 8.59. The molecule has 0 heterocycles. The van der Waals surface area contributed by atoms with Crippen LogP contribution in [0.5, 0.6) is 0 Å². The molecule has 15 heavy (non-hydrogen) atoms. The van der Waals surface area contributed by atoms with E-state index in [9.17, 15) is 4.79 Å². The molecule has 0 aliphatic carbocycles. The van der Waals surface area contributed by atoms with Gasteiger partial charge in [0.15, 0.2) is 0 Å². The Morgan fingerprint density at radius 2 is 1.87 bits per heavy atom. The summed E-state index contributed by atoms with van der Waals surface area (Å²) in [7, 11) is 1.72. The van der Waals surface area contributed by atoms with E-state index in [0.717, 1.165) is 12.0 Å². The molecule has 1 aromatic carbocycles. The first-order chi connectivity index (χ1) is 7.33. The highest BCUT2D eigenvalue weighted by Crippen LogP contribution is 2.00. The van der Waals surface area contributed by atoms with Crippen molar-refractivity contribution in [2.45, 2.75) is 19.8 Å². The van der Waals surface area contributed by atoms with E-state index in [2.05, 4.69) is 0 Å². The van der Waals surface area contributed by atoms with Crippen molar-refractivity contribution in [2.24, 2.45) is 0 Å². The van der Waals surface area contributed by atoms with Crippen molar-refractivity contribution in [3.8, 4) is 0 Å². The summed E-state index contributed by atoms with van der Waals surface area (Å²) in [5.41, 5.74) is 1.00. The molecule has 0 atom stereocenters. The molecule has 0 fully saturated rings. The van der Waals surface area contributed by atoms with E-state index in [4.69, 9.17) is 9.30 Å². The average Bonchev–Trinajstić information content (AvgIpc) is 2.30. The molecule has 0 saturated heterocycles.